The molecule has 12 fully saturated rings. The van der Waals surface area contributed by atoms with Crippen molar-refractivity contribution in [2.45, 2.75) is 286 Å². The number of azide groups is 6. The Morgan fingerprint density at radius 3 is 1.04 bits per heavy atom. The number of hydrogen-bond donors (Lipinski definition) is 0. The Morgan fingerprint density at radius 1 is 0.358 bits per heavy atom. The average Bonchev–Trinajstić information content (AvgIpc) is 4.10. The van der Waals surface area contributed by atoms with Crippen LogP contribution < -0.4 is 0 Å². The molecule has 4 spiro atoms. The highest BCUT2D eigenvalue weighted by Crippen LogP contribution is 2.51. The number of hydrogen-bond acceptors (Lipinski definition) is 20. The first-order chi connectivity index (χ1) is 39.7. The van der Waals surface area contributed by atoms with E-state index in [2.05, 4.69) is 60.2 Å². The molecule has 32 nitrogen and oxygen atoms in total. The third-order valence-electron chi connectivity index (χ3n) is 18.9. The molecule has 440 valence electrons. The third-order valence-corrected chi connectivity index (χ3v) is 18.9. The zero-order valence-electron chi connectivity index (χ0n) is 45.0. The van der Waals surface area contributed by atoms with E-state index >= 15 is 0 Å². The molecule has 0 amide bonds. The van der Waals surface area contributed by atoms with Crippen molar-refractivity contribution in [3.8, 4) is 0 Å². The molecule has 6 aliphatic heterocycles. The van der Waals surface area contributed by atoms with Gasteiger partial charge in [-0.2, -0.15) is 0 Å². The Kier molecular flexibility index (Phi) is 17.2. The molecule has 20 atom stereocenters. The van der Waals surface area contributed by atoms with Gasteiger partial charge in [-0.05, 0) is 97.4 Å². The van der Waals surface area contributed by atoms with Gasteiger partial charge in [-0.15, -0.1) is 0 Å². The van der Waals surface area contributed by atoms with Crippen LogP contribution >= 0.6 is 0 Å². The van der Waals surface area contributed by atoms with Gasteiger partial charge in [0.25, 0.3) is 0 Å². The molecule has 81 heavy (non-hydrogen) atoms. The van der Waals surface area contributed by atoms with Gasteiger partial charge in [0.05, 0.1) is 61.8 Å². The van der Waals surface area contributed by atoms with Crippen LogP contribution in [-0.2, 0) is 66.3 Å². The molecule has 0 bridgehead atoms. The SMILES string of the molecule is [N-]=[N+]=NC1C[C@@H](N=[N+]=[N-])C2OC3(CCCCC3)O[C@H]2[C@@H]1O[C@H]1OC2COC3(CCCCC3)O[C@H]2[C@H](OCO[C@@H]2C(N=[N+]=[N-])[C@@H](O[C@@H]3C(N=[N+]=[N-])C[C@@H](N=[N+]=[N-])C4OC5(CCCCC5)O[C@H]43)OC3COC4(CCCCC4)O[C@H]32)C1N=[N+]=[N-]. The van der Waals surface area contributed by atoms with Crippen molar-refractivity contribution in [2.24, 2.45) is 30.7 Å². The Morgan fingerprint density at radius 2 is 0.679 bits per heavy atom. The van der Waals surface area contributed by atoms with Crippen LogP contribution in [0.2, 0.25) is 0 Å². The average molecular weight is 1140 g/mol. The maximum Gasteiger partial charge on any atom is 0.169 e. The molecule has 12 rings (SSSR count). The number of rotatable bonds is 14. The van der Waals surface area contributed by atoms with Crippen LogP contribution in [0.15, 0.2) is 30.7 Å². The van der Waals surface area contributed by atoms with E-state index in [1.54, 1.807) is 0 Å². The molecule has 0 N–H and O–H groups in total. The Bertz CT molecular complexity index is 2380. The van der Waals surface area contributed by atoms with Crippen LogP contribution in [-0.4, -0.2) is 165 Å². The Balaban J connectivity index is 0.856. The van der Waals surface area contributed by atoms with Crippen molar-refractivity contribution in [1.29, 1.82) is 0 Å². The fraction of sp³-hybridized carbons (Fsp3) is 1.00. The highest BCUT2D eigenvalue weighted by Gasteiger charge is 2.63. The molecular formula is C49H70N18O14. The second-order valence-corrected chi connectivity index (χ2v) is 23.6. The monoisotopic (exact) mass is 1130 g/mol. The normalized spacial score (nSPS) is 43.3. The minimum absolute atomic E-state index is 0.0589. The van der Waals surface area contributed by atoms with E-state index in [9.17, 15) is 33.2 Å². The third kappa shape index (κ3) is 11.3. The molecule has 32 heteroatoms. The summed E-state index contributed by atoms with van der Waals surface area (Å²) in [5.74, 6) is -3.90. The second-order valence-electron chi connectivity index (χ2n) is 23.6. The van der Waals surface area contributed by atoms with Crippen LogP contribution in [0.5, 0.6) is 0 Å². The standard InChI is InChI=1S/C49H70N18O14/c50-62-56-26-21-28(58-64-52)36-42(80-48(76-36)17-9-3-10-18-48)34(26)74-44-32(60-66-54)40(38-30(72-44)23-70-46(78-38)13-5-1-6-14-46)68-25-69-41-33(61-67-55)45(73-31-24-71-47(79-39(31)41)15-7-2-8-16-47)75-35-27(57-63-51)22-29(59-65-53)37-43(35)81-49(77-37)19-11-4-12-20-49/h26-45H,1-25H2/t26?,27?,28-,29-,30?,31?,32?,33?,34-,35-,36?,37?,38-,39-,40-,41-,42+,43+,44-,45-/m1/s1. The van der Waals surface area contributed by atoms with Gasteiger partial charge in [0.15, 0.2) is 35.7 Å². The van der Waals surface area contributed by atoms with Crippen molar-refractivity contribution >= 4 is 0 Å². The first-order valence-electron chi connectivity index (χ1n) is 29.1. The molecule has 0 radical (unpaired) electrons. The fourth-order valence-corrected chi connectivity index (χ4v) is 15.1. The van der Waals surface area contributed by atoms with Crippen LogP contribution in [0.25, 0.3) is 62.7 Å². The predicted octanol–water partition coefficient (Wildman–Crippen LogP) is 9.86. The van der Waals surface area contributed by atoms with Gasteiger partial charge >= 0.3 is 0 Å². The molecule has 0 aromatic carbocycles. The summed E-state index contributed by atoms with van der Waals surface area (Å²) in [7, 11) is 0. The second kappa shape index (κ2) is 24.5. The summed E-state index contributed by atoms with van der Waals surface area (Å²) >= 11 is 0. The molecule has 6 saturated carbocycles. The Labute approximate surface area is 465 Å². The van der Waals surface area contributed by atoms with Crippen LogP contribution in [0.4, 0.5) is 0 Å². The maximum atomic E-state index is 10.4. The van der Waals surface area contributed by atoms with Crippen LogP contribution in [0.3, 0.4) is 0 Å². The molecule has 12 aliphatic rings. The van der Waals surface area contributed by atoms with Gasteiger partial charge < -0.3 is 66.3 Å². The van der Waals surface area contributed by atoms with E-state index in [4.69, 9.17) is 66.3 Å². The quantitative estimate of drug-likeness (QED) is 0.0676. The van der Waals surface area contributed by atoms with Gasteiger partial charge in [0.1, 0.15) is 67.7 Å². The first kappa shape index (κ1) is 56.8. The largest absolute Gasteiger partial charge is 0.349 e. The lowest BCUT2D eigenvalue weighted by molar-refractivity contribution is -0.403. The van der Waals surface area contributed by atoms with Crippen molar-refractivity contribution in [3.63, 3.8) is 0 Å². The molecule has 8 unspecified atom stereocenters. The molecule has 0 aromatic rings. The first-order valence-corrected chi connectivity index (χ1v) is 29.1. The number of ether oxygens (including phenoxy) is 14. The Hall–Kier alpha value is -4.70. The van der Waals surface area contributed by atoms with E-state index < -0.39 is 152 Å². The molecule has 0 aromatic heterocycles. The summed E-state index contributed by atoms with van der Waals surface area (Å²) in [6, 6.07) is -5.95. The minimum atomic E-state index is -1.38. The summed E-state index contributed by atoms with van der Waals surface area (Å²) in [5.41, 5.74) is 59.9. The predicted molar refractivity (Wildman–Crippen MR) is 273 cm³/mol. The highest BCUT2D eigenvalue weighted by atomic mass is 16.8. The summed E-state index contributed by atoms with van der Waals surface area (Å²) in [6.45, 7) is -0.414. The fourth-order valence-electron chi connectivity index (χ4n) is 15.1. The van der Waals surface area contributed by atoms with E-state index in [0.29, 0.717) is 51.4 Å². The van der Waals surface area contributed by atoms with Crippen molar-refractivity contribution < 1.29 is 66.3 Å². The molecule has 6 aliphatic carbocycles. The van der Waals surface area contributed by atoms with Crippen molar-refractivity contribution in [1.82, 2.24) is 0 Å². The summed E-state index contributed by atoms with van der Waals surface area (Å²) in [4.78, 5) is 19.1. The van der Waals surface area contributed by atoms with Gasteiger partial charge in [-0.3, -0.25) is 0 Å². The minimum Gasteiger partial charge on any atom is -0.349 e. The number of fused-ring (bicyclic) bond motifs is 4. The van der Waals surface area contributed by atoms with E-state index in [-0.39, 0.29) is 26.1 Å². The zero-order chi connectivity index (χ0) is 55.6. The van der Waals surface area contributed by atoms with Crippen molar-refractivity contribution in [3.05, 3.63) is 62.7 Å². The molecule has 6 saturated heterocycles. The lowest BCUT2D eigenvalue weighted by Crippen LogP contribution is -2.68. The highest BCUT2D eigenvalue weighted by molar-refractivity contribution is 5.11. The number of nitrogens with zero attached hydrogens (tertiary/aromatic N) is 18. The van der Waals surface area contributed by atoms with E-state index in [1.807, 2.05) is 0 Å². The summed E-state index contributed by atoms with van der Waals surface area (Å²) < 4.78 is 94.8. The molecule has 6 heterocycles. The van der Waals surface area contributed by atoms with Crippen LogP contribution in [0, 0.1) is 0 Å². The summed E-state index contributed by atoms with van der Waals surface area (Å²) in [6.07, 6.45) is 1.80. The zero-order valence-corrected chi connectivity index (χ0v) is 45.0. The van der Waals surface area contributed by atoms with Gasteiger partial charge in [0, 0.05) is 80.8 Å². The lowest BCUT2D eigenvalue weighted by atomic mass is 9.84. The topological polar surface area (TPSA) is 422 Å². The molecular weight excluding hydrogens is 1060 g/mol. The van der Waals surface area contributed by atoms with Crippen LogP contribution in [0.1, 0.15) is 141 Å². The maximum absolute atomic E-state index is 10.4. The summed E-state index contributed by atoms with van der Waals surface area (Å²) in [5, 5.41) is 24.9. The smallest absolute Gasteiger partial charge is 0.169 e. The van der Waals surface area contributed by atoms with E-state index in [1.165, 1.54) is 0 Å². The lowest BCUT2D eigenvalue weighted by Gasteiger charge is -2.54. The van der Waals surface area contributed by atoms with E-state index in [0.717, 1.165) is 77.0 Å². The van der Waals surface area contributed by atoms with Crippen molar-refractivity contribution in [2.75, 3.05) is 20.0 Å². The van der Waals surface area contributed by atoms with Gasteiger partial charge in [-0.1, -0.05) is 56.4 Å². The van der Waals surface area contributed by atoms with Gasteiger partial charge in [-0.25, -0.2) is 0 Å². The van der Waals surface area contributed by atoms with Gasteiger partial charge in [0.2, 0.25) is 0 Å².